The van der Waals surface area contributed by atoms with Crippen molar-refractivity contribution in [3.63, 3.8) is 0 Å². The van der Waals surface area contributed by atoms with E-state index >= 15 is 0 Å². The monoisotopic (exact) mass is 424 g/mol. The van der Waals surface area contributed by atoms with Gasteiger partial charge in [-0.1, -0.05) is 16.8 Å². The van der Waals surface area contributed by atoms with Crippen LogP contribution in [-0.2, 0) is 0 Å². The molecule has 2 bridgehead atoms. The van der Waals surface area contributed by atoms with Crippen LogP contribution in [0, 0.1) is 0 Å². The number of fused-ring (bicyclic) bond motifs is 2. The van der Waals surface area contributed by atoms with Crippen LogP contribution in [0.4, 0.5) is 0 Å². The number of carbonyl (C=O) groups is 1. The lowest BCUT2D eigenvalue weighted by Gasteiger charge is -2.38. The molecule has 0 spiro atoms. The van der Waals surface area contributed by atoms with Gasteiger partial charge in [-0.05, 0) is 56.0 Å². The fraction of sp³-hybridized carbons (Fsp3) is 0.364. The van der Waals surface area contributed by atoms with Gasteiger partial charge in [-0.3, -0.25) is 9.78 Å². The first-order valence-electron chi connectivity index (χ1n) is 10.0. The van der Waals surface area contributed by atoms with E-state index in [1.807, 2.05) is 17.0 Å². The van der Waals surface area contributed by atoms with E-state index < -0.39 is 0 Å². The van der Waals surface area contributed by atoms with Crippen LogP contribution in [-0.4, -0.2) is 45.1 Å². The molecule has 2 unspecified atom stereocenters. The first-order valence-corrected chi connectivity index (χ1v) is 10.4. The molecule has 0 N–H and O–H groups in total. The van der Waals surface area contributed by atoms with Gasteiger partial charge < -0.3 is 14.2 Å². The Bertz CT molecular complexity index is 1060. The van der Waals surface area contributed by atoms with Crippen molar-refractivity contribution in [1.29, 1.82) is 0 Å². The Morgan fingerprint density at radius 1 is 1.17 bits per heavy atom. The van der Waals surface area contributed by atoms with Gasteiger partial charge in [0.1, 0.15) is 5.75 Å². The summed E-state index contributed by atoms with van der Waals surface area (Å²) in [5.41, 5.74) is 1.43. The van der Waals surface area contributed by atoms with Crippen molar-refractivity contribution in [1.82, 2.24) is 20.0 Å². The molecular formula is C22H21ClN4O3. The zero-order chi connectivity index (χ0) is 20.7. The molecule has 1 aromatic carbocycles. The summed E-state index contributed by atoms with van der Waals surface area (Å²) in [5.74, 6) is 1.88. The number of nitrogens with zero attached hydrogens (tertiary/aromatic N) is 4. The van der Waals surface area contributed by atoms with E-state index in [-0.39, 0.29) is 23.9 Å². The van der Waals surface area contributed by atoms with Gasteiger partial charge in [-0.15, -0.1) is 0 Å². The van der Waals surface area contributed by atoms with Gasteiger partial charge in [0.2, 0.25) is 11.7 Å². The summed E-state index contributed by atoms with van der Waals surface area (Å²) in [6.45, 7) is 0. The molecule has 2 aliphatic heterocycles. The van der Waals surface area contributed by atoms with Gasteiger partial charge >= 0.3 is 0 Å². The summed E-state index contributed by atoms with van der Waals surface area (Å²) >= 11 is 6.06. The number of carbonyl (C=O) groups excluding carboxylic acids is 1. The molecule has 0 saturated carbocycles. The predicted octanol–water partition coefficient (Wildman–Crippen LogP) is 4.34. The van der Waals surface area contributed by atoms with Crippen molar-refractivity contribution in [2.24, 2.45) is 0 Å². The minimum atomic E-state index is -0.00234. The minimum absolute atomic E-state index is 0.00234. The van der Waals surface area contributed by atoms with Crippen LogP contribution in [0.15, 0.2) is 47.2 Å². The number of hydrogen-bond donors (Lipinski definition) is 0. The van der Waals surface area contributed by atoms with E-state index in [0.29, 0.717) is 28.1 Å². The molecule has 8 heteroatoms. The molecular weight excluding hydrogens is 404 g/mol. The minimum Gasteiger partial charge on any atom is -0.496 e. The highest BCUT2D eigenvalue weighted by Gasteiger charge is 2.45. The van der Waals surface area contributed by atoms with E-state index in [1.165, 1.54) is 0 Å². The van der Waals surface area contributed by atoms with Crippen LogP contribution in [0.1, 0.15) is 47.8 Å². The Labute approximate surface area is 179 Å². The number of aromatic nitrogens is 3. The van der Waals surface area contributed by atoms with Crippen molar-refractivity contribution < 1.29 is 14.1 Å². The predicted molar refractivity (Wildman–Crippen MR) is 110 cm³/mol. The van der Waals surface area contributed by atoms with E-state index in [1.54, 1.807) is 37.7 Å². The van der Waals surface area contributed by atoms with E-state index in [0.717, 1.165) is 31.2 Å². The maximum atomic E-state index is 13.3. The fourth-order valence-corrected chi connectivity index (χ4v) is 4.87. The van der Waals surface area contributed by atoms with Gasteiger partial charge in [0.05, 0.1) is 12.7 Å². The lowest BCUT2D eigenvalue weighted by molar-refractivity contribution is 0.0551. The van der Waals surface area contributed by atoms with Crippen molar-refractivity contribution in [2.75, 3.05) is 7.11 Å². The lowest BCUT2D eigenvalue weighted by Crippen LogP contribution is -2.46. The number of benzene rings is 1. The zero-order valence-electron chi connectivity index (χ0n) is 16.5. The van der Waals surface area contributed by atoms with E-state index in [2.05, 4.69) is 15.1 Å². The second-order valence-corrected chi connectivity index (χ2v) is 8.24. The van der Waals surface area contributed by atoms with Crippen LogP contribution < -0.4 is 4.74 Å². The van der Waals surface area contributed by atoms with Crippen molar-refractivity contribution >= 4 is 17.5 Å². The van der Waals surface area contributed by atoms with Gasteiger partial charge in [0.25, 0.3) is 5.91 Å². The van der Waals surface area contributed by atoms with E-state index in [4.69, 9.17) is 20.9 Å². The van der Waals surface area contributed by atoms with Gasteiger partial charge in [-0.25, -0.2) is 0 Å². The molecule has 5 rings (SSSR count). The molecule has 3 aromatic rings. The summed E-state index contributed by atoms with van der Waals surface area (Å²) in [6.07, 6.45) is 7.01. The Kier molecular flexibility index (Phi) is 4.90. The second-order valence-electron chi connectivity index (χ2n) is 7.80. The molecule has 2 aliphatic rings. The Balaban J connectivity index is 1.36. The van der Waals surface area contributed by atoms with Crippen molar-refractivity contribution in [2.45, 2.75) is 43.7 Å². The lowest BCUT2D eigenvalue weighted by atomic mass is 9.90. The van der Waals surface area contributed by atoms with Crippen LogP contribution in [0.2, 0.25) is 5.02 Å². The molecule has 1 amide bonds. The van der Waals surface area contributed by atoms with Crippen LogP contribution in [0.3, 0.4) is 0 Å². The average Bonchev–Trinajstić information content (AvgIpc) is 3.37. The van der Waals surface area contributed by atoms with Gasteiger partial charge in [0.15, 0.2) is 0 Å². The Hall–Kier alpha value is -2.93. The quantitative estimate of drug-likeness (QED) is 0.619. The molecule has 4 heterocycles. The molecule has 2 fully saturated rings. The number of methoxy groups -OCH3 is 1. The number of rotatable bonds is 4. The van der Waals surface area contributed by atoms with E-state index in [9.17, 15) is 4.79 Å². The number of pyridine rings is 1. The molecule has 7 nitrogen and oxygen atoms in total. The third-order valence-electron chi connectivity index (χ3n) is 6.09. The first kappa shape index (κ1) is 19.1. The third-order valence-corrected chi connectivity index (χ3v) is 6.33. The SMILES string of the molecule is COc1cc(Cl)ccc1C(=O)N1C2CCC1CC(c1nc(-c3ccncc3)no1)C2. The highest BCUT2D eigenvalue weighted by atomic mass is 35.5. The zero-order valence-corrected chi connectivity index (χ0v) is 17.2. The maximum absolute atomic E-state index is 13.3. The summed E-state index contributed by atoms with van der Waals surface area (Å²) in [4.78, 5) is 24.0. The first-order chi connectivity index (χ1) is 14.6. The largest absolute Gasteiger partial charge is 0.496 e. The Morgan fingerprint density at radius 2 is 1.90 bits per heavy atom. The Morgan fingerprint density at radius 3 is 2.60 bits per heavy atom. The van der Waals surface area contributed by atoms with Crippen LogP contribution >= 0.6 is 11.6 Å². The number of amides is 1. The summed E-state index contributed by atoms with van der Waals surface area (Å²) < 4.78 is 11.0. The highest BCUT2D eigenvalue weighted by molar-refractivity contribution is 6.30. The summed E-state index contributed by atoms with van der Waals surface area (Å²) in [7, 11) is 1.55. The summed E-state index contributed by atoms with van der Waals surface area (Å²) in [5, 5.41) is 4.69. The maximum Gasteiger partial charge on any atom is 0.258 e. The highest BCUT2D eigenvalue weighted by Crippen LogP contribution is 2.44. The normalized spacial score (nSPS) is 22.9. The fourth-order valence-electron chi connectivity index (χ4n) is 4.71. The number of ether oxygens (including phenoxy) is 1. The number of hydrogen-bond acceptors (Lipinski definition) is 6. The molecule has 2 aromatic heterocycles. The summed E-state index contributed by atoms with van der Waals surface area (Å²) in [6, 6.07) is 9.18. The van der Waals surface area contributed by atoms with Crippen LogP contribution in [0.5, 0.6) is 5.75 Å². The second kappa shape index (κ2) is 7.72. The average molecular weight is 425 g/mol. The van der Waals surface area contributed by atoms with Crippen molar-refractivity contribution in [3.8, 4) is 17.1 Å². The van der Waals surface area contributed by atoms with Crippen molar-refractivity contribution in [3.05, 3.63) is 59.2 Å². The third kappa shape index (κ3) is 3.33. The molecule has 0 aliphatic carbocycles. The molecule has 2 saturated heterocycles. The molecule has 154 valence electrons. The standard InChI is InChI=1S/C22H21ClN4O3/c1-29-19-12-15(23)2-5-18(19)22(28)27-16-3-4-17(27)11-14(10-16)21-25-20(26-30-21)13-6-8-24-9-7-13/h2,5-9,12,14,16-17H,3-4,10-11H2,1H3. The topological polar surface area (TPSA) is 81.4 Å². The molecule has 0 radical (unpaired) electrons. The molecule has 30 heavy (non-hydrogen) atoms. The number of halogens is 1. The molecule has 2 atom stereocenters. The van der Waals surface area contributed by atoms with Gasteiger partial charge in [-0.2, -0.15) is 4.98 Å². The number of piperidine rings is 1. The smallest absolute Gasteiger partial charge is 0.258 e. The van der Waals surface area contributed by atoms with Crippen LogP contribution in [0.25, 0.3) is 11.4 Å². The van der Waals surface area contributed by atoms with Gasteiger partial charge in [0, 0.05) is 41.0 Å².